The van der Waals surface area contributed by atoms with Crippen LogP contribution in [0, 0.1) is 5.82 Å². The molecule has 1 nitrogen and oxygen atoms in total. The van der Waals surface area contributed by atoms with Crippen molar-refractivity contribution in [1.29, 1.82) is 0 Å². The van der Waals surface area contributed by atoms with Crippen LogP contribution in [0.2, 0.25) is 0 Å². The first-order valence-corrected chi connectivity index (χ1v) is 7.14. The zero-order valence-corrected chi connectivity index (χ0v) is 12.0. The largest absolute Gasteiger partial charge is 0.494 e. The minimum atomic E-state index is -0.362. The number of rotatable bonds is 4. The molecule has 1 aliphatic carbocycles. The van der Waals surface area contributed by atoms with E-state index in [4.69, 9.17) is 16.3 Å². The number of ether oxygens (including phenoxy) is 1. The lowest BCUT2D eigenvalue weighted by Crippen LogP contribution is -2.14. The number of alkyl halides is 1. The Hall–Kier alpha value is -1.54. The zero-order chi connectivity index (χ0) is 14.2. The van der Waals surface area contributed by atoms with Gasteiger partial charge in [-0.1, -0.05) is 36.4 Å². The van der Waals surface area contributed by atoms with Gasteiger partial charge in [-0.2, -0.15) is 0 Å². The third kappa shape index (κ3) is 2.18. The van der Waals surface area contributed by atoms with Crippen molar-refractivity contribution in [2.45, 2.75) is 23.6 Å². The van der Waals surface area contributed by atoms with Gasteiger partial charge in [0.25, 0.3) is 0 Å². The van der Waals surface area contributed by atoms with E-state index in [0.717, 1.165) is 18.4 Å². The number of benzene rings is 2. The van der Waals surface area contributed by atoms with Crippen molar-refractivity contribution in [2.75, 3.05) is 7.11 Å². The van der Waals surface area contributed by atoms with Crippen LogP contribution in [-0.2, 0) is 5.41 Å². The quantitative estimate of drug-likeness (QED) is 0.732. The Balaban J connectivity index is 1.93. The summed E-state index contributed by atoms with van der Waals surface area (Å²) in [6.45, 7) is 0. The van der Waals surface area contributed by atoms with Gasteiger partial charge in [0.15, 0.2) is 11.6 Å². The highest BCUT2D eigenvalue weighted by molar-refractivity contribution is 6.22. The molecule has 1 unspecified atom stereocenters. The molecule has 0 spiro atoms. The summed E-state index contributed by atoms with van der Waals surface area (Å²) >= 11 is 6.65. The van der Waals surface area contributed by atoms with Crippen LogP contribution in [0.5, 0.6) is 5.75 Å². The Morgan fingerprint density at radius 1 is 1.15 bits per heavy atom. The second kappa shape index (κ2) is 5.10. The average molecular weight is 291 g/mol. The van der Waals surface area contributed by atoms with Gasteiger partial charge >= 0.3 is 0 Å². The summed E-state index contributed by atoms with van der Waals surface area (Å²) in [6.07, 6.45) is 2.08. The monoisotopic (exact) mass is 290 g/mol. The van der Waals surface area contributed by atoms with Crippen LogP contribution in [-0.4, -0.2) is 7.11 Å². The van der Waals surface area contributed by atoms with Crippen molar-refractivity contribution in [3.63, 3.8) is 0 Å². The minimum Gasteiger partial charge on any atom is -0.494 e. The Bertz CT molecular complexity index is 608. The van der Waals surface area contributed by atoms with Gasteiger partial charge < -0.3 is 4.74 Å². The fourth-order valence-electron chi connectivity index (χ4n) is 2.75. The molecule has 1 aliphatic rings. The summed E-state index contributed by atoms with van der Waals surface area (Å²) in [7, 11) is 1.46. The molecule has 0 radical (unpaired) electrons. The lowest BCUT2D eigenvalue weighted by Gasteiger charge is -2.22. The van der Waals surface area contributed by atoms with E-state index in [0.29, 0.717) is 0 Å². The number of halogens is 2. The third-order valence-corrected chi connectivity index (χ3v) is 4.76. The van der Waals surface area contributed by atoms with Crippen LogP contribution in [0.1, 0.15) is 29.3 Å². The molecule has 0 aromatic heterocycles. The molecule has 1 atom stereocenters. The van der Waals surface area contributed by atoms with Gasteiger partial charge in [0.05, 0.1) is 12.5 Å². The summed E-state index contributed by atoms with van der Waals surface area (Å²) in [5, 5.41) is -0.217. The first-order valence-electron chi connectivity index (χ1n) is 6.70. The predicted octanol–water partition coefficient (Wildman–Crippen LogP) is 4.85. The van der Waals surface area contributed by atoms with Gasteiger partial charge in [-0.3, -0.25) is 0 Å². The van der Waals surface area contributed by atoms with Crippen LogP contribution in [0.25, 0.3) is 0 Å². The van der Waals surface area contributed by atoms with Gasteiger partial charge in [-0.05, 0) is 36.1 Å². The van der Waals surface area contributed by atoms with Gasteiger partial charge in [0.1, 0.15) is 0 Å². The Labute approximate surface area is 123 Å². The lowest BCUT2D eigenvalue weighted by atomic mass is 9.88. The zero-order valence-electron chi connectivity index (χ0n) is 11.3. The van der Waals surface area contributed by atoms with E-state index in [1.165, 1.54) is 18.7 Å². The van der Waals surface area contributed by atoms with Crippen molar-refractivity contribution in [3.8, 4) is 5.75 Å². The lowest BCUT2D eigenvalue weighted by molar-refractivity contribution is 0.386. The van der Waals surface area contributed by atoms with Gasteiger partial charge in [0.2, 0.25) is 0 Å². The number of methoxy groups -OCH3 is 1. The highest BCUT2D eigenvalue weighted by Crippen LogP contribution is 2.59. The summed E-state index contributed by atoms with van der Waals surface area (Å²) in [4.78, 5) is 0. The van der Waals surface area contributed by atoms with E-state index in [-0.39, 0.29) is 22.4 Å². The van der Waals surface area contributed by atoms with E-state index in [9.17, 15) is 4.39 Å². The maximum atomic E-state index is 13.8. The predicted molar refractivity (Wildman–Crippen MR) is 78.9 cm³/mol. The second-order valence-electron chi connectivity index (χ2n) is 5.28. The number of hydrogen-bond acceptors (Lipinski definition) is 1. The normalized spacial score (nSPS) is 17.6. The van der Waals surface area contributed by atoms with Gasteiger partial charge in [-0.25, -0.2) is 4.39 Å². The Morgan fingerprint density at radius 2 is 1.85 bits per heavy atom. The molecular weight excluding hydrogens is 275 g/mol. The van der Waals surface area contributed by atoms with E-state index >= 15 is 0 Å². The molecule has 104 valence electrons. The molecule has 3 rings (SSSR count). The van der Waals surface area contributed by atoms with Crippen molar-refractivity contribution in [1.82, 2.24) is 0 Å². The molecule has 0 heterocycles. The van der Waals surface area contributed by atoms with Crippen molar-refractivity contribution in [2.24, 2.45) is 0 Å². The van der Waals surface area contributed by atoms with Crippen LogP contribution in [0.3, 0.4) is 0 Å². The minimum absolute atomic E-state index is 0.0517. The summed E-state index contributed by atoms with van der Waals surface area (Å²) in [5.41, 5.74) is 1.99. The summed E-state index contributed by atoms with van der Waals surface area (Å²) in [6, 6.07) is 15.2. The molecular formula is C17H16ClFO. The van der Waals surface area contributed by atoms with Crippen molar-refractivity contribution >= 4 is 11.6 Å². The molecule has 1 fully saturated rings. The number of hydrogen-bond donors (Lipinski definition) is 0. The first-order chi connectivity index (χ1) is 9.67. The standard InChI is InChI=1S/C17H16ClFO/c1-20-15-8-7-12(11-14(15)19)16(18)17(9-10-17)13-5-3-2-4-6-13/h2-8,11,16H,9-10H2,1H3. The SMILES string of the molecule is COc1ccc(C(Cl)C2(c3ccccc3)CC2)cc1F. The molecule has 0 bridgehead atoms. The molecule has 20 heavy (non-hydrogen) atoms. The molecule has 0 saturated heterocycles. The first kappa shape index (κ1) is 13.4. The molecule has 3 heteroatoms. The maximum Gasteiger partial charge on any atom is 0.165 e. The van der Waals surface area contributed by atoms with E-state index in [1.807, 2.05) is 24.3 Å². The van der Waals surface area contributed by atoms with E-state index in [2.05, 4.69) is 12.1 Å². The highest BCUT2D eigenvalue weighted by atomic mass is 35.5. The summed E-state index contributed by atoms with van der Waals surface area (Å²) in [5.74, 6) is -0.110. The van der Waals surface area contributed by atoms with Crippen LogP contribution < -0.4 is 4.74 Å². The van der Waals surface area contributed by atoms with Crippen molar-refractivity contribution < 1.29 is 9.13 Å². The molecule has 0 amide bonds. The van der Waals surface area contributed by atoms with E-state index in [1.54, 1.807) is 6.07 Å². The fraction of sp³-hybridized carbons (Fsp3) is 0.294. The Morgan fingerprint density at radius 3 is 2.40 bits per heavy atom. The molecule has 0 N–H and O–H groups in total. The molecule has 0 aliphatic heterocycles. The second-order valence-corrected chi connectivity index (χ2v) is 5.72. The van der Waals surface area contributed by atoms with Crippen LogP contribution >= 0.6 is 11.6 Å². The van der Waals surface area contributed by atoms with Crippen LogP contribution in [0.15, 0.2) is 48.5 Å². The topological polar surface area (TPSA) is 9.23 Å². The van der Waals surface area contributed by atoms with Gasteiger partial charge in [-0.15, -0.1) is 11.6 Å². The molecule has 1 saturated carbocycles. The van der Waals surface area contributed by atoms with E-state index < -0.39 is 0 Å². The highest BCUT2D eigenvalue weighted by Gasteiger charge is 2.50. The summed E-state index contributed by atoms with van der Waals surface area (Å²) < 4.78 is 18.8. The maximum absolute atomic E-state index is 13.8. The average Bonchev–Trinajstić information content (AvgIpc) is 3.29. The Kier molecular flexibility index (Phi) is 3.43. The third-order valence-electron chi connectivity index (χ3n) is 4.09. The van der Waals surface area contributed by atoms with Gasteiger partial charge in [0, 0.05) is 5.41 Å². The fourth-order valence-corrected chi connectivity index (χ4v) is 3.23. The smallest absolute Gasteiger partial charge is 0.165 e. The molecule has 2 aromatic carbocycles. The van der Waals surface area contributed by atoms with Crippen molar-refractivity contribution in [3.05, 3.63) is 65.5 Å². The molecule has 2 aromatic rings. The van der Waals surface area contributed by atoms with Crippen LogP contribution in [0.4, 0.5) is 4.39 Å².